The summed E-state index contributed by atoms with van der Waals surface area (Å²) in [6.45, 7) is 0. The number of hydrogen-bond acceptors (Lipinski definition) is 3. The quantitative estimate of drug-likeness (QED) is 0.342. The van der Waals surface area contributed by atoms with E-state index in [9.17, 15) is 4.79 Å². The zero-order valence-electron chi connectivity index (χ0n) is 17.5. The molecule has 5 heterocycles. The molecule has 4 N–H and O–H groups in total. The van der Waals surface area contributed by atoms with Crippen molar-refractivity contribution in [1.82, 2.24) is 19.9 Å². The van der Waals surface area contributed by atoms with Crippen molar-refractivity contribution >= 4 is 52.3 Å². The normalized spacial score (nSPS) is 12.2. The highest BCUT2D eigenvalue weighted by Crippen LogP contribution is 2.30. The predicted octanol–water partition coefficient (Wildman–Crippen LogP) is 5.42. The minimum atomic E-state index is -0.462. The Balaban J connectivity index is 1.69. The van der Waals surface area contributed by atoms with Gasteiger partial charge in [0.25, 0.3) is 0 Å². The molecule has 1 amide bonds. The topological polar surface area (TPSA) is 100 Å². The number of fused-ring (bicyclic) bond motifs is 8. The molecule has 0 radical (unpaired) electrons. The van der Waals surface area contributed by atoms with Crippen LogP contribution in [0.1, 0.15) is 33.1 Å². The number of benzene rings is 1. The maximum Gasteiger partial charge on any atom is 0.249 e. The summed E-state index contributed by atoms with van der Waals surface area (Å²) in [4.78, 5) is 28.3. The lowest BCUT2D eigenvalue weighted by Gasteiger charge is -2.04. The monoisotopic (exact) mass is 429 g/mol. The number of aromatic amines is 2. The molecule has 3 aromatic heterocycles. The summed E-state index contributed by atoms with van der Waals surface area (Å²) in [5.41, 5.74) is 14.8. The average molecular weight is 429 g/mol. The summed E-state index contributed by atoms with van der Waals surface area (Å²) in [6, 6.07) is 21.4. The van der Waals surface area contributed by atoms with Gasteiger partial charge in [0.05, 0.1) is 22.8 Å². The van der Waals surface area contributed by atoms with Crippen LogP contribution in [-0.2, 0) is 0 Å². The number of primary amides is 1. The first-order valence-electron chi connectivity index (χ1n) is 10.6. The van der Waals surface area contributed by atoms with Crippen LogP contribution in [0.15, 0.2) is 66.7 Å². The van der Waals surface area contributed by atoms with Gasteiger partial charge in [-0.3, -0.25) is 4.79 Å². The lowest BCUT2D eigenvalue weighted by molar-refractivity contribution is 0.100. The van der Waals surface area contributed by atoms with Crippen LogP contribution < -0.4 is 5.73 Å². The maximum absolute atomic E-state index is 12.1. The number of nitrogens with zero attached hydrogens (tertiary/aromatic N) is 2. The Morgan fingerprint density at radius 3 is 2.00 bits per heavy atom. The van der Waals surface area contributed by atoms with Crippen molar-refractivity contribution in [2.24, 2.45) is 5.73 Å². The first kappa shape index (κ1) is 19.0. The smallest absolute Gasteiger partial charge is 0.249 e. The van der Waals surface area contributed by atoms with Crippen LogP contribution in [0, 0.1) is 0 Å². The maximum atomic E-state index is 12.1. The van der Waals surface area contributed by atoms with Gasteiger partial charge < -0.3 is 15.7 Å². The minimum Gasteiger partial charge on any atom is -0.366 e. The molecule has 0 fully saturated rings. The van der Waals surface area contributed by atoms with Crippen LogP contribution >= 0.6 is 0 Å². The van der Waals surface area contributed by atoms with Gasteiger partial charge in [-0.15, -0.1) is 0 Å². The second kappa shape index (κ2) is 7.46. The summed E-state index contributed by atoms with van der Waals surface area (Å²) in [7, 11) is 0. The van der Waals surface area contributed by atoms with Crippen LogP contribution in [0.2, 0.25) is 0 Å². The van der Waals surface area contributed by atoms with E-state index in [0.717, 1.165) is 56.0 Å². The van der Waals surface area contributed by atoms with Gasteiger partial charge in [0.15, 0.2) is 0 Å². The Labute approximate surface area is 189 Å². The number of rotatable bonds is 2. The van der Waals surface area contributed by atoms with Gasteiger partial charge in [0.2, 0.25) is 5.91 Å². The number of aromatic nitrogens is 4. The number of nitrogens with one attached hydrogen (secondary N) is 2. The fraction of sp³-hybridized carbons (Fsp3) is 0. The molecule has 0 unspecified atom stereocenters. The van der Waals surface area contributed by atoms with Crippen LogP contribution in [-0.4, -0.2) is 25.8 Å². The molecule has 2 aliphatic heterocycles. The summed E-state index contributed by atoms with van der Waals surface area (Å²) in [6.07, 6.45) is 7.90. The van der Waals surface area contributed by atoms with Crippen molar-refractivity contribution in [3.8, 4) is 11.1 Å². The highest BCUT2D eigenvalue weighted by molar-refractivity contribution is 6.03. The van der Waals surface area contributed by atoms with Crippen molar-refractivity contribution < 1.29 is 4.79 Å². The van der Waals surface area contributed by atoms with E-state index in [4.69, 9.17) is 10.7 Å². The van der Waals surface area contributed by atoms with Gasteiger partial charge in [-0.2, -0.15) is 0 Å². The van der Waals surface area contributed by atoms with Gasteiger partial charge >= 0.3 is 0 Å². The van der Waals surface area contributed by atoms with Gasteiger partial charge in [0, 0.05) is 33.2 Å². The van der Waals surface area contributed by atoms with E-state index < -0.39 is 5.91 Å². The van der Waals surface area contributed by atoms with Crippen molar-refractivity contribution in [3.05, 3.63) is 95.1 Å². The highest BCUT2D eigenvalue weighted by Gasteiger charge is 2.13. The zero-order valence-corrected chi connectivity index (χ0v) is 17.5. The molecule has 6 heteroatoms. The summed E-state index contributed by atoms with van der Waals surface area (Å²) < 4.78 is 0. The number of H-pyrrole nitrogens is 2. The molecule has 6 rings (SSSR count). The molecular formula is C27H19N5O. The number of carbonyl (C=O) groups excluding carboxylic acids is 1. The van der Waals surface area contributed by atoms with Crippen LogP contribution in [0.3, 0.4) is 0 Å². The van der Waals surface area contributed by atoms with Crippen LogP contribution in [0.25, 0.3) is 57.5 Å². The third-order valence-electron chi connectivity index (χ3n) is 5.65. The molecule has 33 heavy (non-hydrogen) atoms. The van der Waals surface area contributed by atoms with Crippen molar-refractivity contribution in [3.63, 3.8) is 0 Å². The Hall–Kier alpha value is -4.71. The number of nitrogens with two attached hydrogens (primary N) is 1. The molecule has 158 valence electrons. The van der Waals surface area contributed by atoms with Gasteiger partial charge in [-0.25, -0.2) is 9.97 Å². The molecule has 0 saturated carbocycles. The third kappa shape index (κ3) is 3.64. The molecule has 0 aliphatic carbocycles. The largest absolute Gasteiger partial charge is 0.366 e. The molecule has 8 bridgehead atoms. The standard InChI is InChI=1S/C27H19N5O/c28-27(33)24-4-2-1-3-23(24)25-14-22-13-20-8-7-18(30-20)11-16-5-6-17(29-16)12-19-9-10-21(31-19)15-26(25)32-22/h1-15,30,32H,(H2,28,33). The van der Waals surface area contributed by atoms with Crippen LogP contribution in [0.4, 0.5) is 0 Å². The Kier molecular flexibility index (Phi) is 4.30. The lowest BCUT2D eigenvalue weighted by atomic mass is 10.00. The zero-order chi connectivity index (χ0) is 22.4. The first-order valence-corrected chi connectivity index (χ1v) is 10.6. The van der Waals surface area contributed by atoms with Crippen molar-refractivity contribution in [2.45, 2.75) is 0 Å². The molecule has 6 nitrogen and oxygen atoms in total. The summed E-state index contributed by atoms with van der Waals surface area (Å²) in [5, 5.41) is 0. The third-order valence-corrected chi connectivity index (χ3v) is 5.65. The van der Waals surface area contributed by atoms with E-state index in [-0.39, 0.29) is 0 Å². The Morgan fingerprint density at radius 1 is 0.636 bits per heavy atom. The van der Waals surface area contributed by atoms with E-state index in [1.165, 1.54) is 0 Å². The molecule has 0 atom stereocenters. The molecule has 1 aromatic carbocycles. The second-order valence-corrected chi connectivity index (χ2v) is 8.00. The second-order valence-electron chi connectivity index (χ2n) is 8.00. The highest BCUT2D eigenvalue weighted by atomic mass is 16.1. The van der Waals surface area contributed by atoms with Crippen LogP contribution in [0.5, 0.6) is 0 Å². The fourth-order valence-electron chi connectivity index (χ4n) is 4.17. The van der Waals surface area contributed by atoms with Crippen molar-refractivity contribution in [2.75, 3.05) is 0 Å². The number of carbonyl (C=O) groups is 1. The Morgan fingerprint density at radius 2 is 1.27 bits per heavy atom. The molecule has 4 aromatic rings. The molecule has 0 spiro atoms. The minimum absolute atomic E-state index is 0.462. The summed E-state index contributed by atoms with van der Waals surface area (Å²) >= 11 is 0. The molecular weight excluding hydrogens is 410 g/mol. The van der Waals surface area contributed by atoms with E-state index >= 15 is 0 Å². The first-order chi connectivity index (χ1) is 16.1. The van der Waals surface area contributed by atoms with Gasteiger partial charge in [-0.1, -0.05) is 18.2 Å². The predicted molar refractivity (Wildman–Crippen MR) is 133 cm³/mol. The molecule has 2 aliphatic rings. The fourth-order valence-corrected chi connectivity index (χ4v) is 4.17. The van der Waals surface area contributed by atoms with Gasteiger partial charge in [-0.05, 0) is 78.4 Å². The Bertz CT molecular complexity index is 1650. The average Bonchev–Trinajstić information content (AvgIpc) is 3.59. The van der Waals surface area contributed by atoms with E-state index in [1.807, 2.05) is 85.0 Å². The molecule has 0 saturated heterocycles. The van der Waals surface area contributed by atoms with Crippen molar-refractivity contribution in [1.29, 1.82) is 0 Å². The van der Waals surface area contributed by atoms with E-state index in [2.05, 4.69) is 15.0 Å². The van der Waals surface area contributed by atoms with E-state index in [0.29, 0.717) is 5.56 Å². The van der Waals surface area contributed by atoms with Gasteiger partial charge in [0.1, 0.15) is 0 Å². The number of amides is 1. The van der Waals surface area contributed by atoms with E-state index in [1.54, 1.807) is 6.07 Å². The summed E-state index contributed by atoms with van der Waals surface area (Å²) in [5.74, 6) is -0.462. The number of hydrogen-bond donors (Lipinski definition) is 3. The lowest BCUT2D eigenvalue weighted by Crippen LogP contribution is -2.12. The SMILES string of the molecule is NC(=O)c1ccccc1-c1cc2cc3ccc(cc4nc(cc5nc(cc1[nH]2)C=C5)C=C4)[nH]3.